The van der Waals surface area contributed by atoms with Crippen LogP contribution in [0.15, 0.2) is 24.3 Å². The Bertz CT molecular complexity index is 521. The van der Waals surface area contributed by atoms with E-state index >= 15 is 0 Å². The molecule has 90 valence electrons. The fourth-order valence-electron chi connectivity index (χ4n) is 1.96. The number of hydrogen-bond acceptors (Lipinski definition) is 3. The van der Waals surface area contributed by atoms with Crippen LogP contribution in [-0.2, 0) is 7.05 Å². The summed E-state index contributed by atoms with van der Waals surface area (Å²) in [5.74, 6) is 0.674. The van der Waals surface area contributed by atoms with Crippen LogP contribution < -0.4 is 10.6 Å². The molecule has 0 aliphatic heterocycles. The van der Waals surface area contributed by atoms with Crippen LogP contribution in [0.3, 0.4) is 0 Å². The normalized spacial score (nSPS) is 10.6. The van der Waals surface area contributed by atoms with Crippen LogP contribution in [0.25, 0.3) is 11.3 Å². The van der Waals surface area contributed by atoms with Gasteiger partial charge in [-0.2, -0.15) is 5.10 Å². The Balaban J connectivity index is 2.65. The topological polar surface area (TPSA) is 47.1 Å². The van der Waals surface area contributed by atoms with Crippen molar-refractivity contribution in [2.24, 2.45) is 7.05 Å². The number of benzene rings is 1. The average Bonchev–Trinajstić information content (AvgIpc) is 2.58. The Kier molecular flexibility index (Phi) is 2.79. The van der Waals surface area contributed by atoms with Crippen molar-refractivity contribution >= 4 is 11.5 Å². The molecular formula is C13H18N4. The standard InChI is InChI=1S/C13H18N4/c1-9-6-5-7-11(16(2)3)13(9)10-8-12(14)17(4)15-10/h5-8H,14H2,1-4H3. The molecule has 1 aromatic carbocycles. The van der Waals surface area contributed by atoms with Gasteiger partial charge in [0.15, 0.2) is 0 Å². The number of nitrogen functional groups attached to an aromatic ring is 1. The van der Waals surface area contributed by atoms with Crippen molar-refractivity contribution in [3.8, 4) is 11.3 Å². The number of aromatic nitrogens is 2. The number of hydrogen-bond donors (Lipinski definition) is 1. The van der Waals surface area contributed by atoms with Gasteiger partial charge in [0.25, 0.3) is 0 Å². The van der Waals surface area contributed by atoms with Gasteiger partial charge < -0.3 is 10.6 Å². The maximum atomic E-state index is 5.84. The van der Waals surface area contributed by atoms with E-state index in [0.29, 0.717) is 5.82 Å². The fourth-order valence-corrected chi connectivity index (χ4v) is 1.96. The quantitative estimate of drug-likeness (QED) is 0.858. The number of anilines is 2. The molecule has 0 radical (unpaired) electrons. The Hall–Kier alpha value is -1.97. The lowest BCUT2D eigenvalue weighted by molar-refractivity contribution is 0.782. The monoisotopic (exact) mass is 230 g/mol. The molecule has 0 unspecified atom stereocenters. The van der Waals surface area contributed by atoms with E-state index in [-0.39, 0.29) is 0 Å². The van der Waals surface area contributed by atoms with Crippen molar-refractivity contribution in [2.75, 3.05) is 24.7 Å². The van der Waals surface area contributed by atoms with Crippen molar-refractivity contribution in [1.82, 2.24) is 9.78 Å². The third kappa shape index (κ3) is 1.98. The Morgan fingerprint density at radius 2 is 2.00 bits per heavy atom. The Labute approximate surface area is 102 Å². The first-order chi connectivity index (χ1) is 8.00. The molecule has 0 aliphatic carbocycles. The smallest absolute Gasteiger partial charge is 0.121 e. The molecule has 2 aromatic rings. The molecule has 0 fully saturated rings. The van der Waals surface area contributed by atoms with Gasteiger partial charge in [0, 0.05) is 38.5 Å². The zero-order valence-electron chi connectivity index (χ0n) is 10.7. The van der Waals surface area contributed by atoms with Crippen LogP contribution in [0.5, 0.6) is 0 Å². The summed E-state index contributed by atoms with van der Waals surface area (Å²) in [6.07, 6.45) is 0. The van der Waals surface area contributed by atoms with Crippen molar-refractivity contribution in [2.45, 2.75) is 6.92 Å². The minimum Gasteiger partial charge on any atom is -0.384 e. The molecule has 4 heteroatoms. The van der Waals surface area contributed by atoms with E-state index in [9.17, 15) is 0 Å². The highest BCUT2D eigenvalue weighted by Crippen LogP contribution is 2.32. The van der Waals surface area contributed by atoms with Gasteiger partial charge in [-0.1, -0.05) is 12.1 Å². The number of rotatable bonds is 2. The lowest BCUT2D eigenvalue weighted by atomic mass is 10.0. The maximum Gasteiger partial charge on any atom is 0.121 e. The molecule has 0 aliphatic rings. The van der Waals surface area contributed by atoms with Crippen LogP contribution in [0, 0.1) is 6.92 Å². The van der Waals surface area contributed by atoms with Crippen LogP contribution >= 0.6 is 0 Å². The molecule has 0 spiro atoms. The first-order valence-corrected chi connectivity index (χ1v) is 5.57. The highest BCUT2D eigenvalue weighted by atomic mass is 15.3. The summed E-state index contributed by atoms with van der Waals surface area (Å²) in [7, 11) is 5.92. The van der Waals surface area contributed by atoms with Gasteiger partial charge in [0.2, 0.25) is 0 Å². The molecule has 0 bridgehead atoms. The average molecular weight is 230 g/mol. The second-order valence-corrected chi connectivity index (χ2v) is 4.44. The van der Waals surface area contributed by atoms with Crippen LogP contribution in [-0.4, -0.2) is 23.9 Å². The van der Waals surface area contributed by atoms with Crippen molar-refractivity contribution in [3.63, 3.8) is 0 Å². The molecule has 0 amide bonds. The molecule has 1 heterocycles. The van der Waals surface area contributed by atoms with E-state index in [4.69, 9.17) is 5.73 Å². The van der Waals surface area contributed by atoms with E-state index in [2.05, 4.69) is 35.1 Å². The summed E-state index contributed by atoms with van der Waals surface area (Å²) in [6, 6.07) is 8.15. The highest BCUT2D eigenvalue weighted by molar-refractivity contribution is 5.80. The Morgan fingerprint density at radius 1 is 1.29 bits per heavy atom. The molecular weight excluding hydrogens is 212 g/mol. The first kappa shape index (κ1) is 11.5. The van der Waals surface area contributed by atoms with Crippen molar-refractivity contribution < 1.29 is 0 Å². The van der Waals surface area contributed by atoms with E-state index in [1.54, 1.807) is 4.68 Å². The molecule has 0 saturated carbocycles. The van der Waals surface area contributed by atoms with E-state index in [0.717, 1.165) is 16.9 Å². The second-order valence-electron chi connectivity index (χ2n) is 4.44. The van der Waals surface area contributed by atoms with Crippen LogP contribution in [0.4, 0.5) is 11.5 Å². The predicted molar refractivity (Wildman–Crippen MR) is 72.1 cm³/mol. The second kappa shape index (κ2) is 4.13. The molecule has 1 aromatic heterocycles. The van der Waals surface area contributed by atoms with Gasteiger partial charge in [-0.25, -0.2) is 0 Å². The lowest BCUT2D eigenvalue weighted by Crippen LogP contribution is -2.10. The molecule has 2 N–H and O–H groups in total. The first-order valence-electron chi connectivity index (χ1n) is 5.57. The number of nitrogens with two attached hydrogens (primary N) is 1. The fraction of sp³-hybridized carbons (Fsp3) is 0.308. The lowest BCUT2D eigenvalue weighted by Gasteiger charge is -2.18. The minimum atomic E-state index is 0.674. The van der Waals surface area contributed by atoms with Gasteiger partial charge in [-0.15, -0.1) is 0 Å². The third-order valence-corrected chi connectivity index (χ3v) is 2.90. The number of nitrogens with zero attached hydrogens (tertiary/aromatic N) is 3. The van der Waals surface area contributed by atoms with E-state index < -0.39 is 0 Å². The summed E-state index contributed by atoms with van der Waals surface area (Å²) < 4.78 is 1.70. The van der Waals surface area contributed by atoms with Crippen LogP contribution in [0.2, 0.25) is 0 Å². The van der Waals surface area contributed by atoms with Crippen molar-refractivity contribution in [3.05, 3.63) is 29.8 Å². The predicted octanol–water partition coefficient (Wildman–Crippen LogP) is 2.04. The van der Waals surface area contributed by atoms with Gasteiger partial charge in [-0.3, -0.25) is 4.68 Å². The third-order valence-electron chi connectivity index (χ3n) is 2.90. The molecule has 0 atom stereocenters. The molecule has 4 nitrogen and oxygen atoms in total. The highest BCUT2D eigenvalue weighted by Gasteiger charge is 2.13. The zero-order valence-corrected chi connectivity index (χ0v) is 10.7. The van der Waals surface area contributed by atoms with Gasteiger partial charge >= 0.3 is 0 Å². The van der Waals surface area contributed by atoms with E-state index in [1.165, 1.54) is 5.56 Å². The zero-order chi connectivity index (χ0) is 12.6. The van der Waals surface area contributed by atoms with Gasteiger partial charge in [0.1, 0.15) is 5.82 Å². The summed E-state index contributed by atoms with van der Waals surface area (Å²) in [4.78, 5) is 2.09. The van der Waals surface area contributed by atoms with E-state index in [1.807, 2.05) is 27.2 Å². The summed E-state index contributed by atoms with van der Waals surface area (Å²) >= 11 is 0. The van der Waals surface area contributed by atoms with Gasteiger partial charge in [0.05, 0.1) is 5.69 Å². The van der Waals surface area contributed by atoms with Crippen LogP contribution in [0.1, 0.15) is 5.56 Å². The molecule has 17 heavy (non-hydrogen) atoms. The Morgan fingerprint density at radius 3 is 2.53 bits per heavy atom. The minimum absolute atomic E-state index is 0.674. The molecule has 0 saturated heterocycles. The maximum absolute atomic E-state index is 5.84. The number of aryl methyl sites for hydroxylation is 2. The van der Waals surface area contributed by atoms with Gasteiger partial charge in [-0.05, 0) is 18.6 Å². The summed E-state index contributed by atoms with van der Waals surface area (Å²) in [5, 5.41) is 4.45. The SMILES string of the molecule is Cc1cccc(N(C)C)c1-c1cc(N)n(C)n1. The largest absolute Gasteiger partial charge is 0.384 e. The summed E-state index contributed by atoms with van der Waals surface area (Å²) in [5.41, 5.74) is 10.3. The summed E-state index contributed by atoms with van der Waals surface area (Å²) in [6.45, 7) is 2.09. The molecule has 2 rings (SSSR count). The van der Waals surface area contributed by atoms with Crippen molar-refractivity contribution in [1.29, 1.82) is 0 Å².